The van der Waals surface area contributed by atoms with Crippen molar-refractivity contribution in [2.45, 2.75) is 13.0 Å². The monoisotopic (exact) mass is 494 g/mol. The van der Waals surface area contributed by atoms with E-state index in [0.29, 0.717) is 41.9 Å². The van der Waals surface area contributed by atoms with E-state index in [0.717, 1.165) is 18.7 Å². The van der Waals surface area contributed by atoms with Crippen LogP contribution in [-0.4, -0.2) is 78.7 Å². The summed E-state index contributed by atoms with van der Waals surface area (Å²) >= 11 is 0. The van der Waals surface area contributed by atoms with Crippen molar-refractivity contribution in [3.05, 3.63) is 60.0 Å². The van der Waals surface area contributed by atoms with E-state index >= 15 is 0 Å². The predicted octanol–water partition coefficient (Wildman–Crippen LogP) is 1.89. The molecule has 1 unspecified atom stereocenters. The number of rotatable bonds is 8. The van der Waals surface area contributed by atoms with Crippen molar-refractivity contribution >= 4 is 11.8 Å². The molecule has 1 aromatic heterocycles. The highest BCUT2D eigenvalue weighted by molar-refractivity contribution is 5.96. The Kier molecular flexibility index (Phi) is 8.13. The molecule has 11 nitrogen and oxygen atoms in total. The minimum absolute atomic E-state index is 0.0354. The molecule has 1 aliphatic rings. The molecule has 0 bridgehead atoms. The number of nitrogens with zero attached hydrogens (tertiary/aromatic N) is 4. The summed E-state index contributed by atoms with van der Waals surface area (Å²) in [7, 11) is 3.01. The SMILES string of the molecule is COc1ccc(C(=O)NNC(=O)CN2CCN(C(C)c3nc(-c4ccccc4)no3)CC2)cc1OC. The third-order valence-corrected chi connectivity index (χ3v) is 6.11. The van der Waals surface area contributed by atoms with Gasteiger partial charge in [-0.05, 0) is 25.1 Å². The number of piperazine rings is 1. The fraction of sp³-hybridized carbons (Fsp3) is 0.360. The number of hydrogen-bond donors (Lipinski definition) is 2. The van der Waals surface area contributed by atoms with E-state index in [2.05, 4.69) is 25.9 Å². The molecule has 2 aromatic carbocycles. The number of hydrogen-bond acceptors (Lipinski definition) is 9. The number of amides is 2. The Labute approximate surface area is 209 Å². The fourth-order valence-corrected chi connectivity index (χ4v) is 3.99. The third-order valence-electron chi connectivity index (χ3n) is 6.11. The highest BCUT2D eigenvalue weighted by Gasteiger charge is 2.27. The normalized spacial score (nSPS) is 15.2. The van der Waals surface area contributed by atoms with Gasteiger partial charge in [0.05, 0.1) is 26.8 Å². The minimum Gasteiger partial charge on any atom is -0.493 e. The van der Waals surface area contributed by atoms with Crippen molar-refractivity contribution < 1.29 is 23.6 Å². The van der Waals surface area contributed by atoms with E-state index in [1.165, 1.54) is 14.2 Å². The highest BCUT2D eigenvalue weighted by atomic mass is 16.5. The topological polar surface area (TPSA) is 122 Å². The van der Waals surface area contributed by atoms with Gasteiger partial charge < -0.3 is 14.0 Å². The number of ether oxygens (including phenoxy) is 2. The Morgan fingerprint density at radius 1 is 1.00 bits per heavy atom. The quantitative estimate of drug-likeness (QED) is 0.452. The van der Waals surface area contributed by atoms with Crippen LogP contribution < -0.4 is 20.3 Å². The molecule has 0 radical (unpaired) electrons. The molecule has 4 rings (SSSR count). The van der Waals surface area contributed by atoms with Crippen LogP contribution in [0.4, 0.5) is 0 Å². The van der Waals surface area contributed by atoms with Gasteiger partial charge in [-0.3, -0.25) is 30.2 Å². The summed E-state index contributed by atoms with van der Waals surface area (Å²) in [5, 5.41) is 4.11. The van der Waals surface area contributed by atoms with Gasteiger partial charge in [-0.15, -0.1) is 0 Å². The first kappa shape index (κ1) is 25.1. The summed E-state index contributed by atoms with van der Waals surface area (Å²) in [6.07, 6.45) is 0. The first-order valence-corrected chi connectivity index (χ1v) is 11.6. The first-order valence-electron chi connectivity index (χ1n) is 11.6. The Bertz CT molecular complexity index is 1180. The number of benzene rings is 2. The summed E-state index contributed by atoms with van der Waals surface area (Å²) in [5.74, 6) is 1.34. The van der Waals surface area contributed by atoms with Gasteiger partial charge >= 0.3 is 0 Å². The standard InChI is InChI=1S/C25H30N6O5/c1-17(25-26-23(29-36-25)18-7-5-4-6-8-18)31-13-11-30(12-14-31)16-22(32)27-28-24(33)19-9-10-20(34-2)21(15-19)35-3/h4-10,15,17H,11-14,16H2,1-3H3,(H,27,32)(H,28,33). The average molecular weight is 495 g/mol. The lowest BCUT2D eigenvalue weighted by atomic mass is 10.2. The average Bonchev–Trinajstić information content (AvgIpc) is 3.42. The van der Waals surface area contributed by atoms with Crippen molar-refractivity contribution in [2.75, 3.05) is 46.9 Å². The highest BCUT2D eigenvalue weighted by Crippen LogP contribution is 2.27. The van der Waals surface area contributed by atoms with Crippen LogP contribution in [0.2, 0.25) is 0 Å². The molecular formula is C25H30N6O5. The third kappa shape index (κ3) is 5.99. The Hall–Kier alpha value is -3.96. The van der Waals surface area contributed by atoms with Crippen LogP contribution in [0.1, 0.15) is 29.2 Å². The second kappa shape index (κ2) is 11.6. The van der Waals surface area contributed by atoms with Gasteiger partial charge in [0.15, 0.2) is 11.5 Å². The minimum atomic E-state index is -0.447. The lowest BCUT2D eigenvalue weighted by Gasteiger charge is -2.36. The lowest BCUT2D eigenvalue weighted by molar-refractivity contribution is -0.123. The smallest absolute Gasteiger partial charge is 0.269 e. The van der Waals surface area contributed by atoms with Gasteiger partial charge in [-0.1, -0.05) is 35.5 Å². The predicted molar refractivity (Wildman–Crippen MR) is 131 cm³/mol. The molecule has 0 spiro atoms. The van der Waals surface area contributed by atoms with Crippen LogP contribution in [0.25, 0.3) is 11.4 Å². The molecule has 1 fully saturated rings. The Balaban J connectivity index is 1.22. The molecular weight excluding hydrogens is 464 g/mol. The summed E-state index contributed by atoms with van der Waals surface area (Å²) in [6, 6.07) is 14.4. The molecule has 1 saturated heterocycles. The lowest BCUT2D eigenvalue weighted by Crippen LogP contribution is -2.52. The van der Waals surface area contributed by atoms with E-state index < -0.39 is 5.91 Å². The number of methoxy groups -OCH3 is 2. The van der Waals surface area contributed by atoms with Crippen LogP contribution in [0.5, 0.6) is 11.5 Å². The molecule has 2 heterocycles. The van der Waals surface area contributed by atoms with Crippen LogP contribution >= 0.6 is 0 Å². The molecule has 0 aliphatic carbocycles. The maximum atomic E-state index is 12.4. The van der Waals surface area contributed by atoms with Gasteiger partial charge in [0.25, 0.3) is 11.8 Å². The van der Waals surface area contributed by atoms with E-state index in [1.807, 2.05) is 42.2 Å². The molecule has 36 heavy (non-hydrogen) atoms. The van der Waals surface area contributed by atoms with Gasteiger partial charge in [0.1, 0.15) is 0 Å². The van der Waals surface area contributed by atoms with Gasteiger partial charge in [0, 0.05) is 37.3 Å². The molecule has 2 amide bonds. The summed E-state index contributed by atoms with van der Waals surface area (Å²) in [4.78, 5) is 33.6. The van der Waals surface area contributed by atoms with Crippen molar-refractivity contribution in [3.63, 3.8) is 0 Å². The van der Waals surface area contributed by atoms with Gasteiger partial charge in [0.2, 0.25) is 11.7 Å². The zero-order valence-corrected chi connectivity index (χ0v) is 20.6. The molecule has 3 aromatic rings. The largest absolute Gasteiger partial charge is 0.493 e. The van der Waals surface area contributed by atoms with Crippen LogP contribution in [0, 0.1) is 0 Å². The van der Waals surface area contributed by atoms with E-state index in [-0.39, 0.29) is 18.5 Å². The van der Waals surface area contributed by atoms with Crippen molar-refractivity contribution in [3.8, 4) is 22.9 Å². The van der Waals surface area contributed by atoms with Crippen molar-refractivity contribution in [1.29, 1.82) is 0 Å². The number of aromatic nitrogens is 2. The van der Waals surface area contributed by atoms with Crippen molar-refractivity contribution in [1.82, 2.24) is 30.8 Å². The maximum absolute atomic E-state index is 12.4. The van der Waals surface area contributed by atoms with E-state index in [1.54, 1.807) is 18.2 Å². The molecule has 1 aliphatic heterocycles. The number of carbonyl (C=O) groups is 2. The van der Waals surface area contributed by atoms with E-state index in [4.69, 9.17) is 14.0 Å². The molecule has 11 heteroatoms. The molecule has 2 N–H and O–H groups in total. The zero-order chi connectivity index (χ0) is 25.5. The Morgan fingerprint density at radius 2 is 1.72 bits per heavy atom. The van der Waals surface area contributed by atoms with Crippen LogP contribution in [-0.2, 0) is 4.79 Å². The number of carbonyl (C=O) groups excluding carboxylic acids is 2. The Morgan fingerprint density at radius 3 is 2.42 bits per heavy atom. The van der Waals surface area contributed by atoms with Crippen LogP contribution in [0.3, 0.4) is 0 Å². The van der Waals surface area contributed by atoms with Crippen LogP contribution in [0.15, 0.2) is 53.1 Å². The second-order valence-corrected chi connectivity index (χ2v) is 8.38. The maximum Gasteiger partial charge on any atom is 0.269 e. The van der Waals surface area contributed by atoms with Crippen molar-refractivity contribution in [2.24, 2.45) is 0 Å². The van der Waals surface area contributed by atoms with Gasteiger partial charge in [-0.25, -0.2) is 0 Å². The summed E-state index contributed by atoms with van der Waals surface area (Å²) < 4.78 is 15.9. The second-order valence-electron chi connectivity index (χ2n) is 8.38. The summed E-state index contributed by atoms with van der Waals surface area (Å²) in [6.45, 7) is 5.09. The number of nitrogens with one attached hydrogen (secondary N) is 2. The summed E-state index contributed by atoms with van der Waals surface area (Å²) in [5.41, 5.74) is 6.17. The molecule has 1 atom stereocenters. The fourth-order valence-electron chi connectivity index (χ4n) is 3.99. The first-order chi connectivity index (χ1) is 17.5. The van der Waals surface area contributed by atoms with E-state index in [9.17, 15) is 9.59 Å². The zero-order valence-electron chi connectivity index (χ0n) is 20.6. The van der Waals surface area contributed by atoms with Gasteiger partial charge in [-0.2, -0.15) is 4.98 Å². The molecule has 190 valence electrons. The molecule has 0 saturated carbocycles. The number of hydrazine groups is 1.